The van der Waals surface area contributed by atoms with E-state index < -0.39 is 0 Å². The van der Waals surface area contributed by atoms with Crippen LogP contribution >= 0.6 is 15.9 Å². The number of rotatable bonds is 3. The van der Waals surface area contributed by atoms with Gasteiger partial charge < -0.3 is 9.84 Å². The lowest BCUT2D eigenvalue weighted by molar-refractivity contribution is -0.147. The molecule has 0 aliphatic heterocycles. The molecule has 3 rings (SSSR count). The number of fused-ring (bicyclic) bond motifs is 1. The predicted octanol–water partition coefficient (Wildman–Crippen LogP) is 4.53. The van der Waals surface area contributed by atoms with E-state index in [4.69, 9.17) is 4.74 Å². The van der Waals surface area contributed by atoms with Gasteiger partial charge in [-0.15, -0.1) is 0 Å². The molecule has 0 radical (unpaired) electrons. The van der Waals surface area contributed by atoms with Crippen molar-refractivity contribution in [1.82, 2.24) is 0 Å². The molecule has 1 saturated carbocycles. The monoisotopic (exact) mass is 334 g/mol. The summed E-state index contributed by atoms with van der Waals surface area (Å²) in [7, 11) is 0. The third-order valence-corrected chi connectivity index (χ3v) is 5.61. The van der Waals surface area contributed by atoms with Gasteiger partial charge in [-0.2, -0.15) is 0 Å². The van der Waals surface area contributed by atoms with Gasteiger partial charge in [-0.3, -0.25) is 0 Å². The van der Waals surface area contributed by atoms with Gasteiger partial charge in [0.1, 0.15) is 11.9 Å². The second kappa shape index (κ2) is 5.05. The van der Waals surface area contributed by atoms with Crippen molar-refractivity contribution in [3.8, 4) is 5.75 Å². The Balaban J connectivity index is 1.91. The van der Waals surface area contributed by atoms with Crippen LogP contribution in [-0.4, -0.2) is 17.3 Å². The Bertz CT molecular complexity index is 640. The van der Waals surface area contributed by atoms with Crippen molar-refractivity contribution in [1.29, 1.82) is 0 Å². The standard InChI is InChI=1S/C17H19BrO2/c1-3-17(2)14(19)10-15(17)20-13-9-8-11-6-4-5-7-12(11)16(13)18/h4-9,14-15,19H,3,10H2,1-2H3. The van der Waals surface area contributed by atoms with Gasteiger partial charge in [0.2, 0.25) is 0 Å². The Morgan fingerprint density at radius 1 is 1.30 bits per heavy atom. The Kier molecular flexibility index (Phi) is 3.51. The largest absolute Gasteiger partial charge is 0.488 e. The molecule has 2 aromatic rings. The highest BCUT2D eigenvalue weighted by molar-refractivity contribution is 9.10. The van der Waals surface area contributed by atoms with Crippen LogP contribution in [0, 0.1) is 5.41 Å². The number of hydrogen-bond donors (Lipinski definition) is 1. The van der Waals surface area contributed by atoms with Crippen molar-refractivity contribution >= 4 is 26.7 Å². The number of hydrogen-bond acceptors (Lipinski definition) is 2. The molecule has 1 aliphatic carbocycles. The van der Waals surface area contributed by atoms with Crippen LogP contribution in [0.25, 0.3) is 10.8 Å². The van der Waals surface area contributed by atoms with Crippen molar-refractivity contribution in [2.45, 2.75) is 38.9 Å². The maximum atomic E-state index is 9.96. The quantitative estimate of drug-likeness (QED) is 0.893. The van der Waals surface area contributed by atoms with Crippen LogP contribution in [-0.2, 0) is 0 Å². The van der Waals surface area contributed by atoms with Crippen molar-refractivity contribution in [2.24, 2.45) is 5.41 Å². The summed E-state index contributed by atoms with van der Waals surface area (Å²) in [6, 6.07) is 12.3. The zero-order chi connectivity index (χ0) is 14.3. The van der Waals surface area contributed by atoms with Gasteiger partial charge in [0.25, 0.3) is 0 Å². The highest BCUT2D eigenvalue weighted by atomic mass is 79.9. The molecule has 0 aromatic heterocycles. The summed E-state index contributed by atoms with van der Waals surface area (Å²) in [6.45, 7) is 4.20. The number of ether oxygens (including phenoxy) is 1. The number of aliphatic hydroxyl groups is 1. The molecular formula is C17H19BrO2. The molecule has 2 nitrogen and oxygen atoms in total. The van der Waals surface area contributed by atoms with Crippen molar-refractivity contribution in [3.63, 3.8) is 0 Å². The van der Waals surface area contributed by atoms with E-state index >= 15 is 0 Å². The Morgan fingerprint density at radius 2 is 2.05 bits per heavy atom. The van der Waals surface area contributed by atoms with E-state index in [2.05, 4.69) is 48.0 Å². The lowest BCUT2D eigenvalue weighted by Crippen LogP contribution is -2.57. The zero-order valence-corrected chi connectivity index (χ0v) is 13.4. The molecule has 1 aliphatic rings. The topological polar surface area (TPSA) is 29.5 Å². The average molecular weight is 335 g/mol. The first kappa shape index (κ1) is 13.9. The van der Waals surface area contributed by atoms with Crippen LogP contribution in [0.5, 0.6) is 5.75 Å². The van der Waals surface area contributed by atoms with E-state index in [1.165, 1.54) is 5.39 Å². The van der Waals surface area contributed by atoms with E-state index in [1.54, 1.807) is 0 Å². The molecule has 2 aromatic carbocycles. The van der Waals surface area contributed by atoms with Gasteiger partial charge in [-0.25, -0.2) is 0 Å². The predicted molar refractivity (Wildman–Crippen MR) is 85.1 cm³/mol. The van der Waals surface area contributed by atoms with Gasteiger partial charge in [-0.05, 0) is 39.2 Å². The summed E-state index contributed by atoms with van der Waals surface area (Å²) in [6.07, 6.45) is 1.46. The SMILES string of the molecule is CCC1(C)C(O)CC1Oc1ccc2ccccc2c1Br. The third-order valence-electron chi connectivity index (χ3n) is 4.79. The second-order valence-electron chi connectivity index (χ2n) is 5.82. The number of aliphatic hydroxyl groups excluding tert-OH is 1. The molecule has 20 heavy (non-hydrogen) atoms. The number of halogens is 1. The molecular weight excluding hydrogens is 316 g/mol. The summed E-state index contributed by atoms with van der Waals surface area (Å²) in [5.41, 5.74) is -0.134. The summed E-state index contributed by atoms with van der Waals surface area (Å²) in [5.74, 6) is 0.861. The fourth-order valence-electron chi connectivity index (χ4n) is 2.90. The van der Waals surface area contributed by atoms with Crippen LogP contribution in [0.1, 0.15) is 26.7 Å². The molecule has 0 bridgehead atoms. The highest BCUT2D eigenvalue weighted by Crippen LogP contribution is 2.47. The normalized spacial score (nSPS) is 29.2. The fourth-order valence-corrected chi connectivity index (χ4v) is 3.49. The first-order chi connectivity index (χ1) is 9.56. The van der Waals surface area contributed by atoms with Gasteiger partial charge >= 0.3 is 0 Å². The van der Waals surface area contributed by atoms with E-state index in [9.17, 15) is 5.11 Å². The van der Waals surface area contributed by atoms with Crippen molar-refractivity contribution < 1.29 is 9.84 Å². The Hall–Kier alpha value is -1.06. The highest BCUT2D eigenvalue weighted by Gasteiger charge is 2.51. The fraction of sp³-hybridized carbons (Fsp3) is 0.412. The molecule has 0 spiro atoms. The molecule has 106 valence electrons. The maximum absolute atomic E-state index is 9.96. The molecule has 3 heteroatoms. The molecule has 0 amide bonds. The summed E-state index contributed by atoms with van der Waals surface area (Å²) < 4.78 is 7.16. The first-order valence-corrected chi connectivity index (χ1v) is 7.87. The maximum Gasteiger partial charge on any atom is 0.134 e. The summed E-state index contributed by atoms with van der Waals surface area (Å²) >= 11 is 3.65. The Morgan fingerprint density at radius 3 is 2.75 bits per heavy atom. The van der Waals surface area contributed by atoms with Gasteiger partial charge in [0, 0.05) is 11.8 Å². The van der Waals surface area contributed by atoms with Gasteiger partial charge in [0.15, 0.2) is 0 Å². The Labute approximate surface area is 127 Å². The van der Waals surface area contributed by atoms with E-state index in [0.29, 0.717) is 6.42 Å². The summed E-state index contributed by atoms with van der Waals surface area (Å²) in [5, 5.41) is 12.3. The number of benzene rings is 2. The van der Waals surface area contributed by atoms with Crippen LogP contribution in [0.3, 0.4) is 0 Å². The van der Waals surface area contributed by atoms with E-state index in [1.807, 2.05) is 18.2 Å². The third kappa shape index (κ3) is 2.04. The average Bonchev–Trinajstić information content (AvgIpc) is 2.48. The molecule has 1 N–H and O–H groups in total. The zero-order valence-electron chi connectivity index (χ0n) is 11.8. The van der Waals surface area contributed by atoms with Crippen molar-refractivity contribution in [3.05, 3.63) is 40.9 Å². The lowest BCUT2D eigenvalue weighted by atomic mass is 9.63. The van der Waals surface area contributed by atoms with E-state index in [-0.39, 0.29) is 17.6 Å². The smallest absolute Gasteiger partial charge is 0.134 e. The van der Waals surface area contributed by atoms with Crippen LogP contribution in [0.2, 0.25) is 0 Å². The minimum atomic E-state index is -0.253. The molecule has 3 unspecified atom stereocenters. The minimum absolute atomic E-state index is 0.0833. The van der Waals surface area contributed by atoms with Crippen LogP contribution in [0.15, 0.2) is 40.9 Å². The van der Waals surface area contributed by atoms with Gasteiger partial charge in [0.05, 0.1) is 10.6 Å². The second-order valence-corrected chi connectivity index (χ2v) is 6.61. The summed E-state index contributed by atoms with van der Waals surface area (Å²) in [4.78, 5) is 0. The molecule has 3 atom stereocenters. The molecule has 0 heterocycles. The van der Waals surface area contributed by atoms with Crippen molar-refractivity contribution in [2.75, 3.05) is 0 Å². The molecule has 0 saturated heterocycles. The first-order valence-electron chi connectivity index (χ1n) is 7.08. The minimum Gasteiger partial charge on any atom is -0.488 e. The molecule has 1 fully saturated rings. The van der Waals surface area contributed by atoms with Gasteiger partial charge in [-0.1, -0.05) is 44.2 Å². The van der Waals surface area contributed by atoms with Crippen LogP contribution in [0.4, 0.5) is 0 Å². The van der Waals surface area contributed by atoms with E-state index in [0.717, 1.165) is 22.0 Å². The lowest BCUT2D eigenvalue weighted by Gasteiger charge is -2.50. The van der Waals surface area contributed by atoms with Crippen LogP contribution < -0.4 is 4.74 Å².